The smallest absolute Gasteiger partial charge is 0.225 e. The quantitative estimate of drug-likeness (QED) is 0.497. The van der Waals surface area contributed by atoms with E-state index in [1.54, 1.807) is 0 Å². The molecule has 16 heavy (non-hydrogen) atoms. The first-order chi connectivity index (χ1) is 7.67. The van der Waals surface area contributed by atoms with Crippen molar-refractivity contribution in [1.29, 1.82) is 0 Å². The van der Waals surface area contributed by atoms with Crippen LogP contribution in [-0.2, 0) is 4.74 Å². The molecule has 1 saturated heterocycles. The number of ether oxygens (including phenoxy) is 1. The molecule has 1 fully saturated rings. The molecule has 3 N–H and O–H groups in total. The molecular formula is C9H11N3O4. The molecule has 7 nitrogen and oxygen atoms in total. The van der Waals surface area contributed by atoms with Crippen molar-refractivity contribution in [2.45, 2.75) is 24.5 Å². The van der Waals surface area contributed by atoms with E-state index in [1.807, 2.05) is 0 Å². The van der Waals surface area contributed by atoms with Crippen LogP contribution < -0.4 is 0 Å². The Hall–Kier alpha value is -1.46. The van der Waals surface area contributed by atoms with Gasteiger partial charge in [-0.25, -0.2) is 9.67 Å². The predicted molar refractivity (Wildman–Crippen MR) is 51.0 cm³/mol. The first kappa shape index (κ1) is 11.0. The highest BCUT2D eigenvalue weighted by molar-refractivity contribution is 5.12. The van der Waals surface area contributed by atoms with Gasteiger partial charge in [-0.3, -0.25) is 0 Å². The third-order valence-electron chi connectivity index (χ3n) is 2.42. The molecule has 0 aromatic carbocycles. The molecule has 1 unspecified atom stereocenters. The van der Waals surface area contributed by atoms with Crippen LogP contribution in [0.2, 0.25) is 0 Å². The maximum absolute atomic E-state index is 9.67. The van der Waals surface area contributed by atoms with E-state index in [9.17, 15) is 10.2 Å². The van der Waals surface area contributed by atoms with Gasteiger partial charge >= 0.3 is 0 Å². The van der Waals surface area contributed by atoms with Crippen molar-refractivity contribution in [2.75, 3.05) is 6.61 Å². The summed E-state index contributed by atoms with van der Waals surface area (Å²) in [5.41, 5.74) is 0. The number of terminal acetylenes is 1. The van der Waals surface area contributed by atoms with Crippen molar-refractivity contribution >= 4 is 0 Å². The van der Waals surface area contributed by atoms with Crippen molar-refractivity contribution < 1.29 is 20.1 Å². The second-order valence-electron chi connectivity index (χ2n) is 3.42. The summed E-state index contributed by atoms with van der Waals surface area (Å²) in [6.07, 6.45) is 2.34. The maximum Gasteiger partial charge on any atom is 0.225 e. The van der Waals surface area contributed by atoms with Gasteiger partial charge in [0.2, 0.25) is 5.82 Å². The molecule has 0 saturated carbocycles. The van der Waals surface area contributed by atoms with Gasteiger partial charge in [-0.1, -0.05) is 0 Å². The Labute approximate surface area is 91.3 Å². The van der Waals surface area contributed by atoms with Gasteiger partial charge < -0.3 is 20.1 Å². The summed E-state index contributed by atoms with van der Waals surface area (Å²) in [6.45, 7) is -0.384. The number of aliphatic hydroxyl groups excluding tert-OH is 3. The van der Waals surface area contributed by atoms with Gasteiger partial charge in [-0.15, -0.1) is 11.5 Å². The fourth-order valence-electron chi connectivity index (χ4n) is 1.56. The fraction of sp³-hybridized carbons (Fsp3) is 0.556. The van der Waals surface area contributed by atoms with Crippen LogP contribution in [0.5, 0.6) is 0 Å². The second kappa shape index (κ2) is 4.19. The molecule has 0 bridgehead atoms. The summed E-state index contributed by atoms with van der Waals surface area (Å²) in [7, 11) is 0. The Morgan fingerprint density at radius 2 is 2.25 bits per heavy atom. The summed E-state index contributed by atoms with van der Waals surface area (Å²) in [5, 5.41) is 31.9. The van der Waals surface area contributed by atoms with Crippen LogP contribution in [0.15, 0.2) is 6.33 Å². The van der Waals surface area contributed by atoms with Crippen molar-refractivity contribution in [3.05, 3.63) is 12.2 Å². The number of aromatic nitrogens is 3. The van der Waals surface area contributed by atoms with Gasteiger partial charge in [0.05, 0.1) is 6.61 Å². The van der Waals surface area contributed by atoms with Gasteiger partial charge in [0.25, 0.3) is 0 Å². The highest BCUT2D eigenvalue weighted by Gasteiger charge is 2.43. The van der Waals surface area contributed by atoms with Crippen LogP contribution in [0.25, 0.3) is 0 Å². The second-order valence-corrected chi connectivity index (χ2v) is 3.42. The van der Waals surface area contributed by atoms with E-state index in [0.29, 0.717) is 0 Å². The van der Waals surface area contributed by atoms with Gasteiger partial charge in [-0.2, -0.15) is 0 Å². The average Bonchev–Trinajstić information content (AvgIpc) is 2.86. The summed E-state index contributed by atoms with van der Waals surface area (Å²) < 4.78 is 6.44. The predicted octanol–water partition coefficient (Wildman–Crippen LogP) is -2.13. The third-order valence-corrected chi connectivity index (χ3v) is 2.42. The van der Waals surface area contributed by atoms with Crippen LogP contribution in [0.4, 0.5) is 0 Å². The zero-order valence-electron chi connectivity index (χ0n) is 8.26. The Morgan fingerprint density at radius 1 is 1.50 bits per heavy atom. The molecule has 0 aliphatic carbocycles. The summed E-state index contributed by atoms with van der Waals surface area (Å²) in [6, 6.07) is 0. The first-order valence-corrected chi connectivity index (χ1v) is 4.67. The van der Waals surface area contributed by atoms with Gasteiger partial charge in [-0.05, 0) is 5.92 Å². The molecule has 4 atom stereocenters. The molecule has 1 aliphatic rings. The minimum absolute atomic E-state index is 0.165. The van der Waals surface area contributed by atoms with Crippen molar-refractivity contribution in [3.8, 4) is 12.3 Å². The molecule has 2 rings (SSSR count). The van der Waals surface area contributed by atoms with E-state index in [1.165, 1.54) is 11.0 Å². The fourth-order valence-corrected chi connectivity index (χ4v) is 1.56. The molecule has 0 radical (unpaired) electrons. The average molecular weight is 225 g/mol. The Bertz CT molecular complexity index is 413. The molecule has 0 amide bonds. The van der Waals surface area contributed by atoms with E-state index in [4.69, 9.17) is 16.3 Å². The van der Waals surface area contributed by atoms with Crippen LogP contribution >= 0.6 is 0 Å². The first-order valence-electron chi connectivity index (χ1n) is 4.67. The lowest BCUT2D eigenvalue weighted by atomic mass is 10.1. The lowest BCUT2D eigenvalue weighted by molar-refractivity contribution is -0.0588. The van der Waals surface area contributed by atoms with Crippen molar-refractivity contribution in [3.63, 3.8) is 0 Å². The molecule has 1 aromatic rings. The largest absolute Gasteiger partial charge is 0.394 e. The molecule has 1 aromatic heterocycles. The van der Waals surface area contributed by atoms with E-state index in [-0.39, 0.29) is 12.4 Å². The summed E-state index contributed by atoms with van der Waals surface area (Å²) in [5.74, 6) is 2.39. The van der Waals surface area contributed by atoms with Crippen LogP contribution in [-0.4, -0.2) is 55.0 Å². The van der Waals surface area contributed by atoms with Gasteiger partial charge in [0.1, 0.15) is 24.6 Å². The van der Waals surface area contributed by atoms with Crippen molar-refractivity contribution in [1.82, 2.24) is 14.8 Å². The molecule has 86 valence electrons. The van der Waals surface area contributed by atoms with E-state index >= 15 is 0 Å². The third kappa shape index (κ3) is 1.68. The zero-order chi connectivity index (χ0) is 11.7. The van der Waals surface area contributed by atoms with Gasteiger partial charge in [0.15, 0.2) is 6.23 Å². The molecule has 2 heterocycles. The minimum Gasteiger partial charge on any atom is -0.394 e. The summed E-state index contributed by atoms with van der Waals surface area (Å²) >= 11 is 0. The number of aliphatic hydroxyl groups is 3. The van der Waals surface area contributed by atoms with Gasteiger partial charge in [0, 0.05) is 0 Å². The van der Waals surface area contributed by atoms with Crippen LogP contribution in [0, 0.1) is 12.3 Å². The normalized spacial score (nSPS) is 33.9. The highest BCUT2D eigenvalue weighted by atomic mass is 16.6. The van der Waals surface area contributed by atoms with Crippen molar-refractivity contribution in [2.24, 2.45) is 0 Å². The lowest BCUT2D eigenvalue weighted by Gasteiger charge is -2.13. The number of hydrogen-bond acceptors (Lipinski definition) is 6. The highest BCUT2D eigenvalue weighted by Crippen LogP contribution is 2.28. The van der Waals surface area contributed by atoms with E-state index in [2.05, 4.69) is 16.0 Å². The number of hydrogen-bond donors (Lipinski definition) is 3. The Kier molecular flexibility index (Phi) is 2.89. The number of nitrogens with zero attached hydrogens (tertiary/aromatic N) is 3. The molecular weight excluding hydrogens is 214 g/mol. The number of rotatable bonds is 2. The molecule has 1 aliphatic heterocycles. The lowest BCUT2D eigenvalue weighted by Crippen LogP contribution is -2.33. The van der Waals surface area contributed by atoms with E-state index in [0.717, 1.165) is 0 Å². The Morgan fingerprint density at radius 3 is 2.75 bits per heavy atom. The zero-order valence-corrected chi connectivity index (χ0v) is 8.26. The Balaban J connectivity index is 2.20. The molecule has 0 spiro atoms. The monoisotopic (exact) mass is 225 g/mol. The standard InChI is InChI=1S/C9H11N3O4/c1-2-6-10-4-12(11-6)9-8(15)7(14)5(3-13)16-9/h1,4-5,7-9,13-15H,3H2/t5-,7+,8?,9-/m1/s1. The van der Waals surface area contributed by atoms with E-state index < -0.39 is 24.5 Å². The van der Waals surface area contributed by atoms with Crippen LogP contribution in [0.3, 0.4) is 0 Å². The SMILES string of the molecule is C#Cc1ncn([C@@H]2O[C@H](CO)[C@H](O)C2O)n1. The molecule has 7 heteroatoms. The minimum atomic E-state index is -1.18. The maximum atomic E-state index is 9.67. The summed E-state index contributed by atoms with van der Waals surface area (Å²) in [4.78, 5) is 3.77. The topological polar surface area (TPSA) is 101 Å². The van der Waals surface area contributed by atoms with Crippen LogP contribution in [0.1, 0.15) is 12.1 Å².